The second-order valence-electron chi connectivity index (χ2n) is 14.9. The lowest BCUT2D eigenvalue weighted by atomic mass is 10.1. The van der Waals surface area contributed by atoms with Crippen LogP contribution in [0.15, 0.2) is 200 Å². The molecule has 314 valence electrons. The van der Waals surface area contributed by atoms with E-state index in [0.717, 1.165) is 66.1 Å². The quantitative estimate of drug-likeness (QED) is 0.0577. The lowest BCUT2D eigenvalue weighted by molar-refractivity contribution is 0.770. The average molecular weight is 1000 g/mol. The molecule has 0 fully saturated rings. The van der Waals surface area contributed by atoms with E-state index in [9.17, 15) is 0 Å². The van der Waals surface area contributed by atoms with Crippen molar-refractivity contribution in [3.8, 4) is 22.8 Å². The molecule has 0 amide bonds. The van der Waals surface area contributed by atoms with E-state index in [1.54, 1.807) is 23.5 Å². The predicted molar refractivity (Wildman–Crippen MR) is 269 cm³/mol. The molecule has 0 saturated heterocycles. The minimum absolute atomic E-state index is 0.669. The molecule has 4 heterocycles. The molecule has 0 aliphatic rings. The molecule has 0 aliphatic heterocycles. The van der Waals surface area contributed by atoms with Crippen LogP contribution in [0.25, 0.3) is 44.6 Å². The van der Waals surface area contributed by atoms with Gasteiger partial charge in [0.05, 0.1) is 12.4 Å². The van der Waals surface area contributed by atoms with E-state index in [4.69, 9.17) is 30.6 Å². The van der Waals surface area contributed by atoms with Crippen LogP contribution < -0.4 is 0 Å². The van der Waals surface area contributed by atoms with Gasteiger partial charge in [0.1, 0.15) is 0 Å². The molecule has 64 heavy (non-hydrogen) atoms. The molecule has 0 saturated carbocycles. The molecule has 0 radical (unpaired) electrons. The SMILES string of the molecule is Brc1cccc(/C=N/n2c(SCCSc3nnc(-c4cn(Cc5ccccc5)c5ccccc45)n3/N=C/c3cccc(Br)c3)nnc2-c2cn(Cc3ccccc3)c3ccccc23)c1. The Morgan fingerprint density at radius 1 is 0.469 bits per heavy atom. The zero-order valence-electron chi connectivity index (χ0n) is 34.2. The van der Waals surface area contributed by atoms with Crippen molar-refractivity contribution < 1.29 is 0 Å². The maximum Gasteiger partial charge on any atom is 0.212 e. The van der Waals surface area contributed by atoms with E-state index < -0.39 is 0 Å². The second kappa shape index (κ2) is 19.2. The van der Waals surface area contributed by atoms with Crippen LogP contribution in [0.5, 0.6) is 0 Å². The third kappa shape index (κ3) is 9.18. The van der Waals surface area contributed by atoms with Gasteiger partial charge >= 0.3 is 0 Å². The van der Waals surface area contributed by atoms with E-state index in [2.05, 4.69) is 150 Å². The Kier molecular flexibility index (Phi) is 12.5. The maximum absolute atomic E-state index is 5.01. The van der Waals surface area contributed by atoms with E-state index in [1.165, 1.54) is 11.1 Å². The lowest BCUT2D eigenvalue weighted by Gasteiger charge is -2.06. The van der Waals surface area contributed by atoms with Gasteiger partial charge in [-0.25, -0.2) is 0 Å². The van der Waals surface area contributed by atoms with E-state index in [1.807, 2.05) is 82.4 Å². The summed E-state index contributed by atoms with van der Waals surface area (Å²) in [5, 5.41) is 32.6. The number of hydrogen-bond acceptors (Lipinski definition) is 8. The molecule has 0 atom stereocenters. The number of hydrogen-bond donors (Lipinski definition) is 0. The molecular weight excluding hydrogens is 965 g/mol. The number of thioether (sulfide) groups is 2. The topological polar surface area (TPSA) is 96.0 Å². The van der Waals surface area contributed by atoms with Crippen LogP contribution >= 0.6 is 55.4 Å². The molecule has 10 rings (SSSR count). The molecule has 0 bridgehead atoms. The van der Waals surface area contributed by atoms with Crippen LogP contribution in [-0.2, 0) is 13.1 Å². The summed E-state index contributed by atoms with van der Waals surface area (Å²) in [6, 6.07) is 53.9. The van der Waals surface area contributed by atoms with Crippen molar-refractivity contribution in [3.05, 3.63) is 201 Å². The van der Waals surface area contributed by atoms with Gasteiger partial charge in [0.15, 0.2) is 11.6 Å². The number of nitrogens with zero attached hydrogens (tertiary/aromatic N) is 10. The third-order valence-corrected chi connectivity index (χ3v) is 13.6. The molecule has 10 nitrogen and oxygen atoms in total. The highest BCUT2D eigenvalue weighted by Crippen LogP contribution is 2.35. The smallest absolute Gasteiger partial charge is 0.212 e. The van der Waals surface area contributed by atoms with Gasteiger partial charge in [0.2, 0.25) is 10.3 Å². The van der Waals surface area contributed by atoms with Crippen LogP contribution in [0.3, 0.4) is 0 Å². The first-order valence-corrected chi connectivity index (χ1v) is 24.1. The summed E-state index contributed by atoms with van der Waals surface area (Å²) in [6.07, 6.45) is 8.03. The molecule has 10 aromatic rings. The zero-order chi connectivity index (χ0) is 43.2. The number of aromatic nitrogens is 8. The molecule has 0 N–H and O–H groups in total. The summed E-state index contributed by atoms with van der Waals surface area (Å²) in [6.45, 7) is 1.45. The summed E-state index contributed by atoms with van der Waals surface area (Å²) < 4.78 is 10.2. The summed E-state index contributed by atoms with van der Waals surface area (Å²) in [7, 11) is 0. The van der Waals surface area contributed by atoms with Crippen molar-refractivity contribution in [1.29, 1.82) is 0 Å². The highest BCUT2D eigenvalue weighted by atomic mass is 79.9. The highest BCUT2D eigenvalue weighted by molar-refractivity contribution is 9.10. The van der Waals surface area contributed by atoms with Gasteiger partial charge in [-0.2, -0.15) is 19.6 Å². The van der Waals surface area contributed by atoms with Crippen LogP contribution in [0.4, 0.5) is 0 Å². The Morgan fingerprint density at radius 3 is 1.33 bits per heavy atom. The van der Waals surface area contributed by atoms with Gasteiger partial charge in [-0.15, -0.1) is 20.4 Å². The summed E-state index contributed by atoms with van der Waals surface area (Å²) >= 11 is 10.4. The van der Waals surface area contributed by atoms with Crippen LogP contribution in [-0.4, -0.2) is 62.8 Å². The van der Waals surface area contributed by atoms with Crippen LogP contribution in [0.1, 0.15) is 22.3 Å². The van der Waals surface area contributed by atoms with Crippen LogP contribution in [0.2, 0.25) is 0 Å². The fourth-order valence-corrected chi connectivity index (χ4v) is 10.2. The van der Waals surface area contributed by atoms with Crippen molar-refractivity contribution in [2.45, 2.75) is 23.4 Å². The molecule has 4 aromatic heterocycles. The van der Waals surface area contributed by atoms with Gasteiger partial charge in [0.25, 0.3) is 0 Å². The number of halogens is 2. The number of para-hydroxylation sites is 2. The Bertz CT molecular complexity index is 3060. The number of benzene rings is 6. The van der Waals surface area contributed by atoms with Gasteiger partial charge < -0.3 is 9.13 Å². The van der Waals surface area contributed by atoms with Gasteiger partial charge in [-0.1, -0.05) is 177 Å². The lowest BCUT2D eigenvalue weighted by Crippen LogP contribution is -2.00. The Labute approximate surface area is 395 Å². The monoisotopic (exact) mass is 1000 g/mol. The largest absolute Gasteiger partial charge is 0.342 e. The highest BCUT2D eigenvalue weighted by Gasteiger charge is 2.22. The van der Waals surface area contributed by atoms with Crippen LogP contribution in [0, 0.1) is 0 Å². The Morgan fingerprint density at radius 2 is 0.891 bits per heavy atom. The number of rotatable bonds is 15. The summed E-state index contributed by atoms with van der Waals surface area (Å²) in [4.78, 5) is 0. The molecule has 0 aliphatic carbocycles. The maximum atomic E-state index is 5.01. The molecule has 0 unspecified atom stereocenters. The zero-order valence-corrected chi connectivity index (χ0v) is 39.0. The van der Waals surface area contributed by atoms with Crippen molar-refractivity contribution in [3.63, 3.8) is 0 Å². The third-order valence-electron chi connectivity index (χ3n) is 10.6. The summed E-state index contributed by atoms with van der Waals surface area (Å²) in [5.41, 5.74) is 8.49. The number of fused-ring (bicyclic) bond motifs is 2. The normalized spacial score (nSPS) is 11.8. The van der Waals surface area contributed by atoms with E-state index in [-0.39, 0.29) is 0 Å². The molecular formula is C50H38Br2N10S2. The fraction of sp³-hybridized carbons (Fsp3) is 0.0800. The van der Waals surface area contributed by atoms with E-state index in [0.29, 0.717) is 33.5 Å². The summed E-state index contributed by atoms with van der Waals surface area (Å²) in [5.74, 6) is 2.72. The van der Waals surface area contributed by atoms with Crippen molar-refractivity contribution in [2.24, 2.45) is 10.2 Å². The van der Waals surface area contributed by atoms with Gasteiger partial charge in [-0.05, 0) is 58.7 Å². The molecule has 6 aromatic carbocycles. The molecule has 14 heteroatoms. The standard InChI is InChI=1S/C50H38Br2N10S2/c51-39-19-11-17-37(27-39)29-53-61-47(43-33-59(31-35-13-3-1-4-14-35)45-23-9-7-21-41(43)45)55-57-49(61)63-25-26-64-50-58-56-48(62(50)54-30-38-18-12-20-40(52)28-38)44-34-60(32-36-15-5-2-6-16-36)46-24-10-8-22-42(44)46/h1-24,27-30,33-34H,25-26,31-32H2/b53-29+,54-30+. The Balaban J connectivity index is 0.956. The average Bonchev–Trinajstić information content (AvgIpc) is 4.10. The molecule has 0 spiro atoms. The van der Waals surface area contributed by atoms with E-state index >= 15 is 0 Å². The van der Waals surface area contributed by atoms with Gasteiger partial charge in [-0.3, -0.25) is 0 Å². The minimum Gasteiger partial charge on any atom is -0.342 e. The van der Waals surface area contributed by atoms with Gasteiger partial charge in [0, 0.05) is 78.9 Å². The first-order chi connectivity index (χ1) is 31.5. The van der Waals surface area contributed by atoms with Crippen molar-refractivity contribution in [1.82, 2.24) is 38.9 Å². The Hall–Kier alpha value is -6.32. The second-order valence-corrected chi connectivity index (χ2v) is 18.8. The predicted octanol–water partition coefficient (Wildman–Crippen LogP) is 12.4. The minimum atomic E-state index is 0.669. The first kappa shape index (κ1) is 41.7. The van der Waals surface area contributed by atoms with Crippen molar-refractivity contribution >= 4 is 89.6 Å². The fourth-order valence-electron chi connectivity index (χ4n) is 7.62. The van der Waals surface area contributed by atoms with Crippen molar-refractivity contribution in [2.75, 3.05) is 11.5 Å². The first-order valence-electron chi connectivity index (χ1n) is 20.5.